The molecule has 0 aromatic carbocycles. The van der Waals surface area contributed by atoms with Crippen LogP contribution in [0, 0.1) is 0 Å². The van der Waals surface area contributed by atoms with Gasteiger partial charge in [-0.15, -0.1) is 0 Å². The molecule has 1 rings (SSSR count). The molecule has 0 bridgehead atoms. The average Bonchev–Trinajstić information content (AvgIpc) is 2.89. The average molecular weight is 279 g/mol. The highest BCUT2D eigenvalue weighted by atomic mass is 15.3. The molecule has 116 valence electrons. The summed E-state index contributed by atoms with van der Waals surface area (Å²) < 4.78 is 0. The second-order valence-corrected chi connectivity index (χ2v) is 5.81. The molecule has 1 aliphatic rings. The van der Waals surface area contributed by atoms with Crippen molar-refractivity contribution in [2.75, 3.05) is 0 Å². The van der Waals surface area contributed by atoms with E-state index in [0.29, 0.717) is 6.17 Å². The summed E-state index contributed by atoms with van der Waals surface area (Å²) in [5.41, 5.74) is 5.94. The summed E-state index contributed by atoms with van der Waals surface area (Å²) >= 11 is 0. The highest BCUT2D eigenvalue weighted by Gasteiger charge is 2.20. The van der Waals surface area contributed by atoms with Crippen LogP contribution in [0.5, 0.6) is 0 Å². The molecular formula is C17H33N3. The quantitative estimate of drug-likeness (QED) is 0.442. The lowest BCUT2D eigenvalue weighted by atomic mass is 10.1. The predicted molar refractivity (Wildman–Crippen MR) is 87.9 cm³/mol. The van der Waals surface area contributed by atoms with Crippen LogP contribution >= 0.6 is 0 Å². The van der Waals surface area contributed by atoms with E-state index < -0.39 is 0 Å². The van der Waals surface area contributed by atoms with Crippen LogP contribution in [0.3, 0.4) is 0 Å². The number of allylic oxidation sites excluding steroid dienone is 2. The first kappa shape index (κ1) is 17.1. The van der Waals surface area contributed by atoms with Crippen LogP contribution in [0.15, 0.2) is 24.6 Å². The molecule has 20 heavy (non-hydrogen) atoms. The van der Waals surface area contributed by atoms with Crippen LogP contribution in [0.2, 0.25) is 0 Å². The zero-order chi connectivity index (χ0) is 14.6. The van der Waals surface area contributed by atoms with Crippen LogP contribution in [0.4, 0.5) is 0 Å². The Hall–Kier alpha value is -0.960. The number of nitrogens with zero attached hydrogens (tertiary/aromatic N) is 1. The first-order valence-corrected chi connectivity index (χ1v) is 8.32. The number of hydrogen-bond donors (Lipinski definition) is 2. The summed E-state index contributed by atoms with van der Waals surface area (Å²) in [5, 5.41) is 3.38. The van der Waals surface area contributed by atoms with E-state index in [2.05, 4.69) is 35.5 Å². The zero-order valence-corrected chi connectivity index (χ0v) is 13.4. The lowest BCUT2D eigenvalue weighted by Gasteiger charge is -2.28. The molecule has 3 heteroatoms. The third kappa shape index (κ3) is 6.99. The normalized spacial score (nSPS) is 19.8. The van der Waals surface area contributed by atoms with Crippen molar-refractivity contribution >= 4 is 0 Å². The van der Waals surface area contributed by atoms with E-state index in [0.717, 1.165) is 0 Å². The summed E-state index contributed by atoms with van der Waals surface area (Å²) in [4.78, 5) is 2.21. The molecule has 3 nitrogen and oxygen atoms in total. The van der Waals surface area contributed by atoms with Gasteiger partial charge >= 0.3 is 0 Å². The van der Waals surface area contributed by atoms with Crippen LogP contribution in [-0.2, 0) is 0 Å². The molecule has 0 amide bonds. The van der Waals surface area contributed by atoms with E-state index in [1.165, 1.54) is 57.8 Å². The third-order valence-electron chi connectivity index (χ3n) is 3.95. The number of nitrogens with two attached hydrogens (primary N) is 1. The lowest BCUT2D eigenvalue weighted by Crippen LogP contribution is -2.44. The van der Waals surface area contributed by atoms with Crippen molar-refractivity contribution in [1.82, 2.24) is 10.2 Å². The first-order chi connectivity index (χ1) is 9.75. The van der Waals surface area contributed by atoms with Gasteiger partial charge in [0, 0.05) is 12.4 Å². The highest BCUT2D eigenvalue weighted by Crippen LogP contribution is 2.15. The van der Waals surface area contributed by atoms with Gasteiger partial charge in [0.05, 0.1) is 12.3 Å². The fraction of sp³-hybridized carbons (Fsp3) is 0.765. The smallest absolute Gasteiger partial charge is 0.0995 e. The molecule has 0 spiro atoms. The van der Waals surface area contributed by atoms with Crippen molar-refractivity contribution in [1.29, 1.82) is 0 Å². The maximum Gasteiger partial charge on any atom is 0.0995 e. The molecule has 0 fully saturated rings. The summed E-state index contributed by atoms with van der Waals surface area (Å²) in [6.07, 6.45) is 21.0. The number of hydrogen-bond acceptors (Lipinski definition) is 3. The van der Waals surface area contributed by atoms with Crippen LogP contribution < -0.4 is 11.1 Å². The Labute approximate surface area is 125 Å². The second-order valence-electron chi connectivity index (χ2n) is 5.81. The van der Waals surface area contributed by atoms with Gasteiger partial charge in [-0.2, -0.15) is 0 Å². The first-order valence-electron chi connectivity index (χ1n) is 8.32. The number of unbranched alkanes of at least 4 members (excludes halogenated alkanes) is 7. The molecule has 0 aliphatic carbocycles. The topological polar surface area (TPSA) is 41.3 Å². The van der Waals surface area contributed by atoms with E-state index in [-0.39, 0.29) is 6.17 Å². The standard InChI is InChI=1S/C17H33N3/c1-3-4-5-6-7-8-9-10-11-12-13-17-19-14-15-20(17)16(2)18/h3-4,14-17,19H,5-13,18H2,1-2H3/b4-3+. The Morgan fingerprint density at radius 2 is 1.80 bits per heavy atom. The predicted octanol–water partition coefficient (Wildman–Crippen LogP) is 4.08. The second kappa shape index (κ2) is 10.8. The van der Waals surface area contributed by atoms with Crippen molar-refractivity contribution in [3.8, 4) is 0 Å². The molecule has 0 radical (unpaired) electrons. The van der Waals surface area contributed by atoms with Gasteiger partial charge in [-0.3, -0.25) is 0 Å². The summed E-state index contributed by atoms with van der Waals surface area (Å²) in [6.45, 7) is 4.14. The maximum absolute atomic E-state index is 5.94. The maximum atomic E-state index is 5.94. The lowest BCUT2D eigenvalue weighted by molar-refractivity contribution is 0.208. The van der Waals surface area contributed by atoms with Gasteiger partial charge in [0.2, 0.25) is 0 Å². The Morgan fingerprint density at radius 1 is 1.15 bits per heavy atom. The molecule has 0 aromatic rings. The molecule has 3 N–H and O–H groups in total. The molecule has 2 unspecified atom stereocenters. The van der Waals surface area contributed by atoms with Crippen molar-refractivity contribution in [2.24, 2.45) is 5.73 Å². The minimum absolute atomic E-state index is 0.100. The van der Waals surface area contributed by atoms with Crippen molar-refractivity contribution in [3.63, 3.8) is 0 Å². The molecule has 0 aromatic heterocycles. The zero-order valence-electron chi connectivity index (χ0n) is 13.4. The highest BCUT2D eigenvalue weighted by molar-refractivity contribution is 4.95. The fourth-order valence-corrected chi connectivity index (χ4v) is 2.73. The summed E-state index contributed by atoms with van der Waals surface area (Å²) in [6, 6.07) is 0. The van der Waals surface area contributed by atoms with Gasteiger partial charge in [-0.25, -0.2) is 0 Å². The minimum Gasteiger partial charge on any atom is -0.370 e. The van der Waals surface area contributed by atoms with Gasteiger partial charge in [0.25, 0.3) is 0 Å². The van der Waals surface area contributed by atoms with Gasteiger partial charge in [0.15, 0.2) is 0 Å². The molecule has 2 atom stereocenters. The minimum atomic E-state index is 0.100. The Bertz CT molecular complexity index is 284. The molecular weight excluding hydrogens is 246 g/mol. The van der Waals surface area contributed by atoms with Crippen molar-refractivity contribution in [2.45, 2.75) is 84.0 Å². The Kier molecular flexibility index (Phi) is 9.22. The largest absolute Gasteiger partial charge is 0.370 e. The summed E-state index contributed by atoms with van der Waals surface area (Å²) in [5.74, 6) is 0. The monoisotopic (exact) mass is 279 g/mol. The fourth-order valence-electron chi connectivity index (χ4n) is 2.73. The molecule has 1 aliphatic heterocycles. The van der Waals surface area contributed by atoms with Crippen molar-refractivity contribution in [3.05, 3.63) is 24.6 Å². The van der Waals surface area contributed by atoms with E-state index in [4.69, 9.17) is 5.73 Å². The van der Waals surface area contributed by atoms with Gasteiger partial charge in [0.1, 0.15) is 0 Å². The van der Waals surface area contributed by atoms with Gasteiger partial charge < -0.3 is 16.0 Å². The van der Waals surface area contributed by atoms with Crippen molar-refractivity contribution < 1.29 is 0 Å². The van der Waals surface area contributed by atoms with E-state index in [9.17, 15) is 0 Å². The van der Waals surface area contributed by atoms with Crippen LogP contribution in [0.1, 0.15) is 71.6 Å². The molecule has 0 saturated heterocycles. The number of rotatable bonds is 11. The Balaban J connectivity index is 1.90. The van der Waals surface area contributed by atoms with Crippen LogP contribution in [-0.4, -0.2) is 17.2 Å². The van der Waals surface area contributed by atoms with E-state index in [1.54, 1.807) is 0 Å². The van der Waals surface area contributed by atoms with Gasteiger partial charge in [-0.05, 0) is 39.5 Å². The third-order valence-corrected chi connectivity index (χ3v) is 3.95. The van der Waals surface area contributed by atoms with E-state index >= 15 is 0 Å². The Morgan fingerprint density at radius 3 is 2.45 bits per heavy atom. The number of nitrogens with one attached hydrogen (secondary N) is 1. The van der Waals surface area contributed by atoms with Crippen LogP contribution in [0.25, 0.3) is 0 Å². The SMILES string of the molecule is C/C=C/CCCCCCCCCC1NC=CN1C(C)N. The van der Waals surface area contributed by atoms with Gasteiger partial charge in [-0.1, -0.05) is 44.3 Å². The molecule has 1 heterocycles. The summed E-state index contributed by atoms with van der Waals surface area (Å²) in [7, 11) is 0. The van der Waals surface area contributed by atoms with E-state index in [1.807, 2.05) is 13.1 Å². The molecule has 0 saturated carbocycles.